The van der Waals surface area contributed by atoms with Crippen LogP contribution < -0.4 is 0 Å². The molecule has 0 radical (unpaired) electrons. The van der Waals surface area contributed by atoms with Gasteiger partial charge in [-0.3, -0.25) is 0 Å². The number of aliphatic hydroxyl groups excluding tert-OH is 1. The lowest BCUT2D eigenvalue weighted by Crippen LogP contribution is -2.62. The molecule has 0 saturated carbocycles. The zero-order valence-electron chi connectivity index (χ0n) is 13.6. The Morgan fingerprint density at radius 2 is 1.10 bits per heavy atom. The molecular formula is C15H32O6. The summed E-state index contributed by atoms with van der Waals surface area (Å²) in [5.74, 6) is -4.65. The van der Waals surface area contributed by atoms with Gasteiger partial charge in [0.2, 0.25) is 0 Å². The molecule has 0 saturated heterocycles. The van der Waals surface area contributed by atoms with Crippen molar-refractivity contribution in [1.82, 2.24) is 0 Å². The maximum atomic E-state index is 10.5. The van der Waals surface area contributed by atoms with Crippen LogP contribution in [0.1, 0.15) is 59.3 Å². The van der Waals surface area contributed by atoms with Gasteiger partial charge in [-0.15, -0.1) is 0 Å². The monoisotopic (exact) mass is 308 g/mol. The van der Waals surface area contributed by atoms with Gasteiger partial charge in [0.1, 0.15) is 6.61 Å². The summed E-state index contributed by atoms with van der Waals surface area (Å²) in [5.41, 5.74) is 0. The van der Waals surface area contributed by atoms with Crippen molar-refractivity contribution >= 4 is 0 Å². The highest BCUT2D eigenvalue weighted by Gasteiger charge is 2.54. The molecule has 0 aromatic heterocycles. The fraction of sp³-hybridized carbons (Fsp3) is 1.00. The first-order valence-electron chi connectivity index (χ1n) is 7.97. The van der Waals surface area contributed by atoms with Crippen LogP contribution in [0.3, 0.4) is 0 Å². The van der Waals surface area contributed by atoms with Gasteiger partial charge in [0, 0.05) is 0 Å². The summed E-state index contributed by atoms with van der Waals surface area (Å²) in [6.07, 6.45) is 4.72. The number of hydrogen-bond donors (Lipinski definition) is 3. The lowest BCUT2D eigenvalue weighted by molar-refractivity contribution is -0.484. The Morgan fingerprint density at radius 3 is 1.43 bits per heavy atom. The topological polar surface area (TPSA) is 88.4 Å². The molecule has 0 spiro atoms. The lowest BCUT2D eigenvalue weighted by Gasteiger charge is -2.40. The third-order valence-corrected chi connectivity index (χ3v) is 3.14. The third-order valence-electron chi connectivity index (χ3n) is 3.14. The minimum Gasteiger partial charge on any atom is -0.390 e. The molecule has 0 fully saturated rings. The van der Waals surface area contributed by atoms with E-state index in [0.717, 1.165) is 19.3 Å². The summed E-state index contributed by atoms with van der Waals surface area (Å²) in [6.45, 7) is 5.74. The van der Waals surface area contributed by atoms with E-state index in [0.29, 0.717) is 19.3 Å². The van der Waals surface area contributed by atoms with Gasteiger partial charge < -0.3 is 29.5 Å². The predicted octanol–water partition coefficient (Wildman–Crippen LogP) is 1.76. The van der Waals surface area contributed by atoms with Crippen molar-refractivity contribution in [1.29, 1.82) is 0 Å². The minimum atomic E-state index is -2.36. The number of ether oxygens (including phenoxy) is 3. The average molecular weight is 308 g/mol. The van der Waals surface area contributed by atoms with E-state index in [1.807, 2.05) is 20.8 Å². The summed E-state index contributed by atoms with van der Waals surface area (Å²) in [6, 6.07) is 0. The first-order valence-corrected chi connectivity index (χ1v) is 7.97. The molecule has 0 heterocycles. The van der Waals surface area contributed by atoms with E-state index in [1.54, 1.807) is 0 Å². The third kappa shape index (κ3) is 7.04. The van der Waals surface area contributed by atoms with Gasteiger partial charge in [-0.1, -0.05) is 40.0 Å². The van der Waals surface area contributed by atoms with Crippen molar-refractivity contribution in [2.45, 2.75) is 71.1 Å². The second-order valence-corrected chi connectivity index (χ2v) is 5.13. The first-order chi connectivity index (χ1) is 9.99. The van der Waals surface area contributed by atoms with Gasteiger partial charge in [0.05, 0.1) is 19.8 Å². The molecule has 128 valence electrons. The molecule has 0 aliphatic heterocycles. The van der Waals surface area contributed by atoms with Crippen LogP contribution in [0.5, 0.6) is 0 Å². The van der Waals surface area contributed by atoms with Gasteiger partial charge in [0.15, 0.2) is 0 Å². The fourth-order valence-electron chi connectivity index (χ4n) is 1.60. The van der Waals surface area contributed by atoms with Crippen molar-refractivity contribution in [3.63, 3.8) is 0 Å². The highest BCUT2D eigenvalue weighted by Crippen LogP contribution is 2.28. The Hall–Kier alpha value is -0.240. The van der Waals surface area contributed by atoms with Crippen molar-refractivity contribution < 1.29 is 29.5 Å². The van der Waals surface area contributed by atoms with Gasteiger partial charge in [0.25, 0.3) is 5.79 Å². The van der Waals surface area contributed by atoms with Crippen molar-refractivity contribution in [2.75, 3.05) is 26.4 Å². The molecule has 6 heteroatoms. The molecule has 0 aromatic rings. The number of rotatable bonds is 14. The van der Waals surface area contributed by atoms with Crippen LogP contribution in [0.4, 0.5) is 0 Å². The van der Waals surface area contributed by atoms with E-state index < -0.39 is 18.4 Å². The SMILES string of the molecule is CCCCOC(O)(CO)C(O)(OCCCC)OCCCC. The minimum absolute atomic E-state index is 0.199. The van der Waals surface area contributed by atoms with Gasteiger partial charge in [-0.05, 0) is 19.3 Å². The summed E-state index contributed by atoms with van der Waals surface area (Å²) in [7, 11) is 0. The van der Waals surface area contributed by atoms with Crippen LogP contribution in [-0.4, -0.2) is 53.5 Å². The van der Waals surface area contributed by atoms with Gasteiger partial charge in [-0.2, -0.15) is 0 Å². The zero-order valence-corrected chi connectivity index (χ0v) is 13.6. The van der Waals surface area contributed by atoms with Crippen LogP contribution in [0.25, 0.3) is 0 Å². The van der Waals surface area contributed by atoms with E-state index >= 15 is 0 Å². The average Bonchev–Trinajstić information content (AvgIpc) is 2.47. The molecule has 0 amide bonds. The van der Waals surface area contributed by atoms with Crippen LogP contribution in [-0.2, 0) is 14.2 Å². The Kier molecular flexibility index (Phi) is 11.2. The lowest BCUT2D eigenvalue weighted by atomic mass is 10.2. The van der Waals surface area contributed by atoms with E-state index in [9.17, 15) is 15.3 Å². The second-order valence-electron chi connectivity index (χ2n) is 5.13. The van der Waals surface area contributed by atoms with Gasteiger partial charge >= 0.3 is 5.97 Å². The number of hydrogen-bond acceptors (Lipinski definition) is 6. The maximum absolute atomic E-state index is 10.5. The quantitative estimate of drug-likeness (QED) is 0.335. The van der Waals surface area contributed by atoms with E-state index in [2.05, 4.69) is 0 Å². The van der Waals surface area contributed by atoms with Crippen LogP contribution in [0.15, 0.2) is 0 Å². The number of aliphatic hydroxyl groups is 3. The van der Waals surface area contributed by atoms with Crippen molar-refractivity contribution in [3.8, 4) is 0 Å². The normalized spacial score (nSPS) is 15.1. The molecule has 3 N–H and O–H groups in total. The van der Waals surface area contributed by atoms with Crippen LogP contribution in [0.2, 0.25) is 0 Å². The highest BCUT2D eigenvalue weighted by atomic mass is 16.9. The van der Waals surface area contributed by atoms with Gasteiger partial charge in [-0.25, -0.2) is 0 Å². The first kappa shape index (κ1) is 20.8. The molecule has 1 atom stereocenters. The number of unbranched alkanes of at least 4 members (excludes halogenated alkanes) is 3. The summed E-state index contributed by atoms with van der Waals surface area (Å²) in [5, 5.41) is 30.3. The van der Waals surface area contributed by atoms with E-state index in [-0.39, 0.29) is 19.8 Å². The second kappa shape index (κ2) is 11.3. The molecule has 0 aliphatic carbocycles. The standard InChI is InChI=1S/C15H32O6/c1-4-7-10-19-14(17,13-16)15(18,20-11-8-5-2)21-12-9-6-3/h16-18H,4-13H2,1-3H3. The smallest absolute Gasteiger partial charge is 0.340 e. The Labute approximate surface area is 128 Å². The zero-order chi connectivity index (χ0) is 16.2. The summed E-state index contributed by atoms with van der Waals surface area (Å²) >= 11 is 0. The Morgan fingerprint density at radius 1 is 0.714 bits per heavy atom. The van der Waals surface area contributed by atoms with Crippen molar-refractivity contribution in [2.24, 2.45) is 0 Å². The van der Waals surface area contributed by atoms with E-state index in [4.69, 9.17) is 14.2 Å². The molecule has 21 heavy (non-hydrogen) atoms. The van der Waals surface area contributed by atoms with Crippen LogP contribution >= 0.6 is 0 Å². The summed E-state index contributed by atoms with van der Waals surface area (Å²) in [4.78, 5) is 0. The Balaban J connectivity index is 4.82. The molecule has 0 rings (SSSR count). The highest BCUT2D eigenvalue weighted by molar-refractivity contribution is 4.78. The largest absolute Gasteiger partial charge is 0.390 e. The molecule has 0 aliphatic rings. The van der Waals surface area contributed by atoms with E-state index in [1.165, 1.54) is 0 Å². The molecular weight excluding hydrogens is 276 g/mol. The predicted molar refractivity (Wildman–Crippen MR) is 79.6 cm³/mol. The molecule has 0 bridgehead atoms. The maximum Gasteiger partial charge on any atom is 0.340 e. The fourth-order valence-corrected chi connectivity index (χ4v) is 1.60. The Bertz CT molecular complexity index is 238. The molecule has 6 nitrogen and oxygen atoms in total. The van der Waals surface area contributed by atoms with Crippen LogP contribution in [0, 0.1) is 0 Å². The molecule has 0 aromatic carbocycles. The molecule has 1 unspecified atom stereocenters. The van der Waals surface area contributed by atoms with Crippen molar-refractivity contribution in [3.05, 3.63) is 0 Å². The summed E-state index contributed by atoms with van der Waals surface area (Å²) < 4.78 is 15.9.